The Morgan fingerprint density at radius 1 is 1.25 bits per heavy atom. The zero-order valence-electron chi connectivity index (χ0n) is 12.3. The molecule has 0 amide bonds. The molecule has 1 aromatic rings. The quantitative estimate of drug-likeness (QED) is 0.829. The zero-order valence-corrected chi connectivity index (χ0v) is 12.3. The molecule has 1 aromatic carbocycles. The molecule has 1 atom stereocenters. The van der Waals surface area contributed by atoms with Gasteiger partial charge in [-0.1, -0.05) is 13.0 Å². The maximum atomic E-state index is 5.54. The van der Waals surface area contributed by atoms with Gasteiger partial charge in [-0.15, -0.1) is 0 Å². The van der Waals surface area contributed by atoms with Gasteiger partial charge in [0.05, 0.1) is 27.4 Å². The molecule has 2 rings (SSSR count). The highest BCUT2D eigenvalue weighted by Crippen LogP contribution is 2.32. The van der Waals surface area contributed by atoms with Crippen LogP contribution >= 0.6 is 0 Å². The summed E-state index contributed by atoms with van der Waals surface area (Å²) in [5, 5.41) is 3.46. The Balaban J connectivity index is 2.18. The summed E-state index contributed by atoms with van der Waals surface area (Å²) in [7, 11) is 3.32. The van der Waals surface area contributed by atoms with E-state index in [1.54, 1.807) is 14.2 Å². The second kappa shape index (κ2) is 7.47. The van der Waals surface area contributed by atoms with Gasteiger partial charge in [-0.05, 0) is 12.6 Å². The minimum absolute atomic E-state index is 0.129. The van der Waals surface area contributed by atoms with Crippen molar-refractivity contribution in [2.45, 2.75) is 25.7 Å². The first-order valence-corrected chi connectivity index (χ1v) is 6.97. The highest BCUT2D eigenvalue weighted by atomic mass is 16.7. The molecule has 1 aliphatic rings. The van der Waals surface area contributed by atoms with E-state index >= 15 is 0 Å². The molecule has 0 saturated carbocycles. The Bertz CT molecular complexity index is 418. The molecular formula is C15H23NO4. The second-order valence-corrected chi connectivity index (χ2v) is 4.62. The van der Waals surface area contributed by atoms with Gasteiger partial charge in [0.1, 0.15) is 11.5 Å². The molecule has 1 fully saturated rings. The van der Waals surface area contributed by atoms with E-state index in [1.807, 2.05) is 18.2 Å². The van der Waals surface area contributed by atoms with Crippen molar-refractivity contribution in [2.24, 2.45) is 0 Å². The van der Waals surface area contributed by atoms with Crippen molar-refractivity contribution in [2.75, 3.05) is 34.0 Å². The van der Waals surface area contributed by atoms with Crippen molar-refractivity contribution in [1.82, 2.24) is 5.32 Å². The van der Waals surface area contributed by atoms with Gasteiger partial charge >= 0.3 is 0 Å². The molecule has 112 valence electrons. The number of hydrogen-bond acceptors (Lipinski definition) is 5. The normalized spacial score (nSPS) is 17.1. The summed E-state index contributed by atoms with van der Waals surface area (Å²) < 4.78 is 21.8. The van der Waals surface area contributed by atoms with Gasteiger partial charge in [0.25, 0.3) is 0 Å². The van der Waals surface area contributed by atoms with Crippen molar-refractivity contribution in [1.29, 1.82) is 0 Å². The molecule has 1 heterocycles. The van der Waals surface area contributed by atoms with Crippen LogP contribution in [-0.2, 0) is 9.47 Å². The highest BCUT2D eigenvalue weighted by molar-refractivity contribution is 5.42. The fraction of sp³-hybridized carbons (Fsp3) is 0.600. The fourth-order valence-corrected chi connectivity index (χ4v) is 2.41. The Labute approximate surface area is 120 Å². The Hall–Kier alpha value is -1.30. The Kier molecular flexibility index (Phi) is 5.64. The molecule has 1 N–H and O–H groups in total. The average molecular weight is 281 g/mol. The molecule has 1 unspecified atom stereocenters. The standard InChI is InChI=1S/C15H23NO4/c1-4-16-13(10-15-19-7-8-20-15)12-6-5-11(17-2)9-14(12)18-3/h5-6,9,13,15-16H,4,7-8,10H2,1-3H3. The molecule has 0 radical (unpaired) electrons. The molecule has 0 aliphatic carbocycles. The van der Waals surface area contributed by atoms with Gasteiger partial charge < -0.3 is 24.3 Å². The van der Waals surface area contributed by atoms with E-state index in [2.05, 4.69) is 12.2 Å². The van der Waals surface area contributed by atoms with Gasteiger partial charge in [0.2, 0.25) is 0 Å². The van der Waals surface area contributed by atoms with Gasteiger partial charge in [0, 0.05) is 24.1 Å². The van der Waals surface area contributed by atoms with Crippen LogP contribution in [0.5, 0.6) is 11.5 Å². The number of hydrogen-bond donors (Lipinski definition) is 1. The molecule has 0 spiro atoms. The van der Waals surface area contributed by atoms with Crippen molar-refractivity contribution >= 4 is 0 Å². The van der Waals surface area contributed by atoms with Crippen LogP contribution < -0.4 is 14.8 Å². The summed E-state index contributed by atoms with van der Waals surface area (Å²) in [6, 6.07) is 6.00. The van der Waals surface area contributed by atoms with Crippen LogP contribution in [0.15, 0.2) is 18.2 Å². The van der Waals surface area contributed by atoms with Crippen LogP contribution in [0.2, 0.25) is 0 Å². The molecule has 1 aliphatic heterocycles. The van der Waals surface area contributed by atoms with Crippen LogP contribution in [0.25, 0.3) is 0 Å². The van der Waals surface area contributed by atoms with E-state index in [-0.39, 0.29) is 12.3 Å². The van der Waals surface area contributed by atoms with Crippen LogP contribution in [0, 0.1) is 0 Å². The van der Waals surface area contributed by atoms with Crippen molar-refractivity contribution in [3.05, 3.63) is 23.8 Å². The molecular weight excluding hydrogens is 258 g/mol. The molecule has 1 saturated heterocycles. The summed E-state index contributed by atoms with van der Waals surface area (Å²) in [6.07, 6.45) is 0.613. The van der Waals surface area contributed by atoms with Crippen molar-refractivity contribution in [3.8, 4) is 11.5 Å². The summed E-state index contributed by atoms with van der Waals surface area (Å²) in [6.45, 7) is 4.29. The van der Waals surface area contributed by atoms with Gasteiger partial charge in [0.15, 0.2) is 6.29 Å². The van der Waals surface area contributed by atoms with Gasteiger partial charge in [-0.25, -0.2) is 0 Å². The number of rotatable bonds is 7. The van der Waals surface area contributed by atoms with E-state index in [0.29, 0.717) is 13.2 Å². The maximum absolute atomic E-state index is 5.54. The summed E-state index contributed by atoms with van der Waals surface area (Å²) >= 11 is 0. The molecule has 5 nitrogen and oxygen atoms in total. The monoisotopic (exact) mass is 281 g/mol. The number of nitrogens with one attached hydrogen (secondary N) is 1. The van der Waals surface area contributed by atoms with Crippen molar-refractivity contribution < 1.29 is 18.9 Å². The largest absolute Gasteiger partial charge is 0.497 e. The van der Waals surface area contributed by atoms with E-state index in [0.717, 1.165) is 30.0 Å². The first-order chi connectivity index (χ1) is 9.78. The minimum Gasteiger partial charge on any atom is -0.497 e. The first kappa shape index (κ1) is 15.1. The van der Waals surface area contributed by atoms with E-state index < -0.39 is 0 Å². The van der Waals surface area contributed by atoms with E-state index in [9.17, 15) is 0 Å². The Morgan fingerprint density at radius 3 is 2.60 bits per heavy atom. The third-order valence-electron chi connectivity index (χ3n) is 3.39. The number of ether oxygens (including phenoxy) is 4. The van der Waals surface area contributed by atoms with Crippen LogP contribution in [-0.4, -0.2) is 40.3 Å². The zero-order chi connectivity index (χ0) is 14.4. The maximum Gasteiger partial charge on any atom is 0.159 e. The number of methoxy groups -OCH3 is 2. The third kappa shape index (κ3) is 3.62. The summed E-state index contributed by atoms with van der Waals surface area (Å²) in [5.74, 6) is 1.60. The lowest BCUT2D eigenvalue weighted by molar-refractivity contribution is -0.0530. The molecule has 5 heteroatoms. The Morgan fingerprint density at radius 2 is 2.00 bits per heavy atom. The summed E-state index contributed by atoms with van der Waals surface area (Å²) in [4.78, 5) is 0. The molecule has 0 bridgehead atoms. The molecule has 0 aromatic heterocycles. The first-order valence-electron chi connectivity index (χ1n) is 6.97. The fourth-order valence-electron chi connectivity index (χ4n) is 2.41. The SMILES string of the molecule is CCNC(CC1OCCO1)c1ccc(OC)cc1OC. The summed E-state index contributed by atoms with van der Waals surface area (Å²) in [5.41, 5.74) is 1.09. The van der Waals surface area contributed by atoms with Crippen LogP contribution in [0.3, 0.4) is 0 Å². The van der Waals surface area contributed by atoms with Gasteiger partial charge in [-0.3, -0.25) is 0 Å². The smallest absolute Gasteiger partial charge is 0.159 e. The third-order valence-corrected chi connectivity index (χ3v) is 3.39. The van der Waals surface area contributed by atoms with E-state index in [4.69, 9.17) is 18.9 Å². The lowest BCUT2D eigenvalue weighted by atomic mass is 10.0. The van der Waals surface area contributed by atoms with Gasteiger partial charge in [-0.2, -0.15) is 0 Å². The topological polar surface area (TPSA) is 49.0 Å². The van der Waals surface area contributed by atoms with Crippen LogP contribution in [0.1, 0.15) is 24.9 Å². The predicted molar refractivity (Wildman–Crippen MR) is 76.3 cm³/mol. The number of benzene rings is 1. The minimum atomic E-state index is -0.147. The van der Waals surface area contributed by atoms with Crippen molar-refractivity contribution in [3.63, 3.8) is 0 Å². The average Bonchev–Trinajstić information content (AvgIpc) is 2.99. The van der Waals surface area contributed by atoms with E-state index in [1.165, 1.54) is 0 Å². The predicted octanol–water partition coefficient (Wildman–Crippen LogP) is 2.12. The lowest BCUT2D eigenvalue weighted by Gasteiger charge is -2.23. The van der Waals surface area contributed by atoms with Crippen LogP contribution in [0.4, 0.5) is 0 Å². The lowest BCUT2D eigenvalue weighted by Crippen LogP contribution is -2.26. The highest BCUT2D eigenvalue weighted by Gasteiger charge is 2.24. The molecule has 20 heavy (non-hydrogen) atoms. The second-order valence-electron chi connectivity index (χ2n) is 4.62.